The van der Waals surface area contributed by atoms with Gasteiger partial charge >= 0.3 is 0 Å². The zero-order chi connectivity index (χ0) is 14.2. The van der Waals surface area contributed by atoms with Gasteiger partial charge in [-0.2, -0.15) is 0 Å². The first-order valence-electron chi connectivity index (χ1n) is 5.62. The van der Waals surface area contributed by atoms with E-state index in [0.29, 0.717) is 4.88 Å². The number of halogens is 3. The van der Waals surface area contributed by atoms with E-state index >= 15 is 0 Å². The molecule has 1 aromatic carbocycles. The molecule has 1 aromatic heterocycles. The van der Waals surface area contributed by atoms with Gasteiger partial charge in [0.2, 0.25) is 0 Å². The molecule has 0 aliphatic rings. The number of hydrogen-bond donors (Lipinski definition) is 0. The summed E-state index contributed by atoms with van der Waals surface area (Å²) in [5.74, 6) is -1.67. The summed E-state index contributed by atoms with van der Waals surface area (Å²) in [6.07, 6.45) is -0.267. The SMILES string of the molecule is Cc1cc(C(=O)Cc2c(F)ccc(Br)c2F)sc1C. The van der Waals surface area contributed by atoms with Crippen LogP contribution < -0.4 is 0 Å². The highest BCUT2D eigenvalue weighted by molar-refractivity contribution is 9.10. The Morgan fingerprint density at radius 1 is 1.32 bits per heavy atom. The molecule has 1 nitrogen and oxygen atoms in total. The van der Waals surface area contributed by atoms with E-state index in [-0.39, 0.29) is 22.2 Å². The van der Waals surface area contributed by atoms with Gasteiger partial charge in [-0.1, -0.05) is 0 Å². The van der Waals surface area contributed by atoms with E-state index in [1.807, 2.05) is 13.8 Å². The van der Waals surface area contributed by atoms with Gasteiger partial charge in [0.15, 0.2) is 5.78 Å². The van der Waals surface area contributed by atoms with Crippen molar-refractivity contribution < 1.29 is 13.6 Å². The van der Waals surface area contributed by atoms with Crippen molar-refractivity contribution >= 4 is 33.0 Å². The second kappa shape index (κ2) is 5.51. The molecule has 2 aromatic rings. The van der Waals surface area contributed by atoms with Gasteiger partial charge in [-0.25, -0.2) is 8.78 Å². The Labute approximate surface area is 122 Å². The van der Waals surface area contributed by atoms with E-state index in [0.717, 1.165) is 16.5 Å². The molecule has 5 heteroatoms. The first kappa shape index (κ1) is 14.3. The third kappa shape index (κ3) is 2.92. The number of carbonyl (C=O) groups is 1. The predicted octanol–water partition coefficient (Wildman–Crippen LogP) is 4.83. The molecule has 19 heavy (non-hydrogen) atoms. The fourth-order valence-corrected chi connectivity index (χ4v) is 3.03. The molecule has 100 valence electrons. The minimum Gasteiger partial charge on any atom is -0.293 e. The Balaban J connectivity index is 2.31. The Bertz CT molecular complexity index is 630. The number of ketones is 1. The molecule has 0 fully saturated rings. The number of hydrogen-bond acceptors (Lipinski definition) is 2. The van der Waals surface area contributed by atoms with Crippen LogP contribution in [0.4, 0.5) is 8.78 Å². The Morgan fingerprint density at radius 2 is 2.00 bits per heavy atom. The summed E-state index contributed by atoms with van der Waals surface area (Å²) >= 11 is 4.34. The van der Waals surface area contributed by atoms with E-state index < -0.39 is 11.6 Å². The maximum absolute atomic E-state index is 13.8. The number of aryl methyl sites for hydroxylation is 2. The fourth-order valence-electron chi connectivity index (χ4n) is 1.69. The van der Waals surface area contributed by atoms with Crippen LogP contribution in [-0.4, -0.2) is 5.78 Å². The second-order valence-electron chi connectivity index (χ2n) is 4.27. The Morgan fingerprint density at radius 3 is 2.58 bits per heavy atom. The molecule has 0 saturated carbocycles. The van der Waals surface area contributed by atoms with Crippen LogP contribution in [0.5, 0.6) is 0 Å². The lowest BCUT2D eigenvalue weighted by atomic mass is 10.1. The maximum atomic E-state index is 13.8. The van der Waals surface area contributed by atoms with Crippen molar-refractivity contribution in [1.29, 1.82) is 0 Å². The molecule has 0 spiro atoms. The zero-order valence-corrected chi connectivity index (χ0v) is 12.8. The van der Waals surface area contributed by atoms with Crippen molar-refractivity contribution in [2.75, 3.05) is 0 Å². The summed E-state index contributed by atoms with van der Waals surface area (Å²) in [4.78, 5) is 13.6. The molecule has 0 atom stereocenters. The van der Waals surface area contributed by atoms with Crippen LogP contribution in [0.3, 0.4) is 0 Å². The smallest absolute Gasteiger partial charge is 0.177 e. The average Bonchev–Trinajstić information content (AvgIpc) is 2.70. The summed E-state index contributed by atoms with van der Waals surface area (Å²) in [7, 11) is 0. The minimum absolute atomic E-state index is 0.162. The molecule has 1 heterocycles. The molecule has 0 N–H and O–H groups in total. The van der Waals surface area contributed by atoms with E-state index in [2.05, 4.69) is 15.9 Å². The van der Waals surface area contributed by atoms with Crippen molar-refractivity contribution in [3.05, 3.63) is 55.2 Å². The van der Waals surface area contributed by atoms with Gasteiger partial charge in [-0.05, 0) is 53.5 Å². The highest BCUT2D eigenvalue weighted by Crippen LogP contribution is 2.26. The highest BCUT2D eigenvalue weighted by Gasteiger charge is 2.18. The predicted molar refractivity (Wildman–Crippen MR) is 75.9 cm³/mol. The van der Waals surface area contributed by atoms with Crippen molar-refractivity contribution in [1.82, 2.24) is 0 Å². The highest BCUT2D eigenvalue weighted by atomic mass is 79.9. The zero-order valence-electron chi connectivity index (χ0n) is 10.4. The Kier molecular flexibility index (Phi) is 4.16. The van der Waals surface area contributed by atoms with Crippen molar-refractivity contribution in [2.45, 2.75) is 20.3 Å². The summed E-state index contributed by atoms with van der Waals surface area (Å²) in [5.41, 5.74) is 0.826. The lowest BCUT2D eigenvalue weighted by Gasteiger charge is -2.05. The van der Waals surface area contributed by atoms with Gasteiger partial charge in [0.05, 0.1) is 9.35 Å². The van der Waals surface area contributed by atoms with E-state index in [4.69, 9.17) is 0 Å². The van der Waals surface area contributed by atoms with Gasteiger partial charge in [-0.3, -0.25) is 4.79 Å². The third-order valence-electron chi connectivity index (χ3n) is 2.92. The van der Waals surface area contributed by atoms with Crippen molar-refractivity contribution in [2.24, 2.45) is 0 Å². The first-order chi connectivity index (χ1) is 8.90. The Hall–Kier alpha value is -1.07. The van der Waals surface area contributed by atoms with Gasteiger partial charge in [-0.15, -0.1) is 11.3 Å². The normalized spacial score (nSPS) is 10.8. The maximum Gasteiger partial charge on any atom is 0.177 e. The lowest BCUT2D eigenvalue weighted by molar-refractivity contribution is 0.0994. The van der Waals surface area contributed by atoms with Gasteiger partial charge < -0.3 is 0 Å². The van der Waals surface area contributed by atoms with Crippen LogP contribution in [0.15, 0.2) is 22.7 Å². The lowest BCUT2D eigenvalue weighted by Crippen LogP contribution is -2.06. The van der Waals surface area contributed by atoms with Gasteiger partial charge in [0.25, 0.3) is 0 Å². The number of thiophene rings is 1. The molecule has 0 saturated heterocycles. The number of rotatable bonds is 3. The van der Waals surface area contributed by atoms with E-state index in [9.17, 15) is 13.6 Å². The summed E-state index contributed by atoms with van der Waals surface area (Å²) in [6, 6.07) is 4.20. The van der Waals surface area contributed by atoms with Crippen LogP contribution in [0.2, 0.25) is 0 Å². The third-order valence-corrected chi connectivity index (χ3v) is 4.72. The topological polar surface area (TPSA) is 17.1 Å². The number of carbonyl (C=O) groups excluding carboxylic acids is 1. The number of benzene rings is 1. The molecular weight excluding hydrogens is 334 g/mol. The van der Waals surface area contributed by atoms with E-state index in [1.54, 1.807) is 6.07 Å². The van der Waals surface area contributed by atoms with Crippen molar-refractivity contribution in [3.63, 3.8) is 0 Å². The first-order valence-corrected chi connectivity index (χ1v) is 7.23. The molecule has 0 unspecified atom stereocenters. The summed E-state index contributed by atoms with van der Waals surface area (Å²) < 4.78 is 27.5. The standard InChI is InChI=1S/C14H11BrF2OS/c1-7-5-13(19-8(7)2)12(18)6-9-11(16)4-3-10(15)14(9)17/h3-5H,6H2,1-2H3. The van der Waals surface area contributed by atoms with Gasteiger partial charge in [0.1, 0.15) is 11.6 Å². The average molecular weight is 345 g/mol. The molecule has 0 amide bonds. The van der Waals surface area contributed by atoms with Crippen molar-refractivity contribution in [3.8, 4) is 0 Å². The quantitative estimate of drug-likeness (QED) is 0.575. The summed E-state index contributed by atoms with van der Waals surface area (Å²) in [6.45, 7) is 3.82. The van der Waals surface area contributed by atoms with Crippen LogP contribution in [-0.2, 0) is 6.42 Å². The minimum atomic E-state index is -0.710. The fraction of sp³-hybridized carbons (Fsp3) is 0.214. The summed E-state index contributed by atoms with van der Waals surface area (Å²) in [5, 5.41) is 0. The number of Topliss-reactive ketones (excluding diaryl/α,β-unsaturated/α-hetero) is 1. The monoisotopic (exact) mass is 344 g/mol. The van der Waals surface area contributed by atoms with Crippen LogP contribution in [0.1, 0.15) is 25.7 Å². The molecular formula is C14H11BrF2OS. The second-order valence-corrected chi connectivity index (χ2v) is 6.38. The molecule has 0 bridgehead atoms. The van der Waals surface area contributed by atoms with Gasteiger partial charge in [0, 0.05) is 16.9 Å². The molecule has 2 rings (SSSR count). The van der Waals surface area contributed by atoms with Crippen LogP contribution in [0, 0.1) is 25.5 Å². The van der Waals surface area contributed by atoms with E-state index in [1.165, 1.54) is 17.4 Å². The van der Waals surface area contributed by atoms with Crippen LogP contribution >= 0.6 is 27.3 Å². The molecule has 0 aliphatic heterocycles. The molecule has 0 radical (unpaired) electrons. The largest absolute Gasteiger partial charge is 0.293 e. The molecule has 0 aliphatic carbocycles. The van der Waals surface area contributed by atoms with Crippen LogP contribution in [0.25, 0.3) is 0 Å².